The van der Waals surface area contributed by atoms with Gasteiger partial charge in [0.1, 0.15) is 22.6 Å². The lowest BCUT2D eigenvalue weighted by atomic mass is 9.87. The molecule has 2 aromatic heterocycles. The maximum absolute atomic E-state index is 13.2. The molecule has 3 aromatic rings. The fraction of sp³-hybridized carbons (Fsp3) is 0.269. The highest BCUT2D eigenvalue weighted by Gasteiger charge is 2.25. The summed E-state index contributed by atoms with van der Waals surface area (Å²) in [6, 6.07) is 11.5. The highest BCUT2D eigenvalue weighted by molar-refractivity contribution is 5.99. The van der Waals surface area contributed by atoms with Crippen molar-refractivity contribution in [2.24, 2.45) is 0 Å². The topological polar surface area (TPSA) is 93.3 Å². The first-order chi connectivity index (χ1) is 16.0. The summed E-state index contributed by atoms with van der Waals surface area (Å²) in [6.45, 7) is 5.91. The summed E-state index contributed by atoms with van der Waals surface area (Å²) in [5.74, 6) is 0.358. The molecular weight excluding hydrogens is 418 g/mol. The summed E-state index contributed by atoms with van der Waals surface area (Å²) >= 11 is 0. The van der Waals surface area contributed by atoms with E-state index in [2.05, 4.69) is 23.3 Å². The molecule has 1 unspecified atom stereocenters. The number of aryl methyl sites for hydroxylation is 2. The van der Waals surface area contributed by atoms with Gasteiger partial charge in [-0.25, -0.2) is 0 Å². The van der Waals surface area contributed by atoms with Crippen molar-refractivity contribution in [2.45, 2.75) is 38.8 Å². The number of fused-ring (bicyclic) bond motifs is 1. The molecule has 0 saturated carbocycles. The highest BCUT2D eigenvalue weighted by atomic mass is 16.3. The van der Waals surface area contributed by atoms with Gasteiger partial charge in [0.2, 0.25) is 5.43 Å². The van der Waals surface area contributed by atoms with Gasteiger partial charge in [-0.15, -0.1) is 6.58 Å². The SMILES string of the molecule is C=CCNC(=O)c1cn(Cc2ccc(C)o2)cc(C(=O)NC2CCCc3ccccc32)c1=O. The molecule has 2 amide bonds. The van der Waals surface area contributed by atoms with Gasteiger partial charge in [-0.05, 0) is 49.4 Å². The molecule has 1 atom stereocenters. The van der Waals surface area contributed by atoms with Gasteiger partial charge in [-0.1, -0.05) is 30.3 Å². The second-order valence-electron chi connectivity index (χ2n) is 8.22. The number of amides is 2. The van der Waals surface area contributed by atoms with Gasteiger partial charge in [0.05, 0.1) is 12.6 Å². The zero-order valence-corrected chi connectivity index (χ0v) is 18.6. The predicted molar refractivity (Wildman–Crippen MR) is 125 cm³/mol. The number of nitrogens with zero attached hydrogens (tertiary/aromatic N) is 1. The Bertz CT molecular complexity index is 1250. The van der Waals surface area contributed by atoms with Gasteiger partial charge in [0.15, 0.2) is 0 Å². The largest absolute Gasteiger partial charge is 0.464 e. The fourth-order valence-corrected chi connectivity index (χ4v) is 4.20. The van der Waals surface area contributed by atoms with Crippen molar-refractivity contribution < 1.29 is 14.0 Å². The van der Waals surface area contributed by atoms with E-state index in [1.807, 2.05) is 37.3 Å². The van der Waals surface area contributed by atoms with Crippen LogP contribution in [-0.2, 0) is 13.0 Å². The number of hydrogen-bond donors (Lipinski definition) is 2. The Morgan fingerprint density at radius 1 is 1.15 bits per heavy atom. The monoisotopic (exact) mass is 445 g/mol. The molecular formula is C26H27N3O4. The number of aromatic nitrogens is 1. The number of hydrogen-bond acceptors (Lipinski definition) is 4. The van der Waals surface area contributed by atoms with Crippen molar-refractivity contribution in [2.75, 3.05) is 6.54 Å². The van der Waals surface area contributed by atoms with Gasteiger partial charge in [-0.3, -0.25) is 14.4 Å². The molecule has 1 aliphatic carbocycles. The van der Waals surface area contributed by atoms with Gasteiger partial charge >= 0.3 is 0 Å². The van der Waals surface area contributed by atoms with E-state index in [4.69, 9.17) is 4.42 Å². The molecule has 2 heterocycles. The lowest BCUT2D eigenvalue weighted by molar-refractivity contribution is 0.0930. The molecule has 7 nitrogen and oxygen atoms in total. The van der Waals surface area contributed by atoms with Crippen LogP contribution in [-0.4, -0.2) is 22.9 Å². The van der Waals surface area contributed by atoms with Crippen molar-refractivity contribution in [1.29, 1.82) is 0 Å². The molecule has 0 saturated heterocycles. The van der Waals surface area contributed by atoms with Crippen LogP contribution in [0.3, 0.4) is 0 Å². The van der Waals surface area contributed by atoms with E-state index < -0.39 is 17.2 Å². The number of carbonyl (C=O) groups excluding carboxylic acids is 2. The first-order valence-corrected chi connectivity index (χ1v) is 11.0. The van der Waals surface area contributed by atoms with Crippen molar-refractivity contribution in [3.05, 3.63) is 105 Å². The third-order valence-electron chi connectivity index (χ3n) is 5.78. The Morgan fingerprint density at radius 3 is 2.64 bits per heavy atom. The Balaban J connectivity index is 1.67. The number of carbonyl (C=O) groups is 2. The third-order valence-corrected chi connectivity index (χ3v) is 5.78. The van der Waals surface area contributed by atoms with Crippen LogP contribution >= 0.6 is 0 Å². The molecule has 33 heavy (non-hydrogen) atoms. The van der Waals surface area contributed by atoms with Crippen molar-refractivity contribution in [3.63, 3.8) is 0 Å². The molecule has 170 valence electrons. The smallest absolute Gasteiger partial charge is 0.257 e. The molecule has 1 aromatic carbocycles. The zero-order chi connectivity index (χ0) is 23.4. The number of benzene rings is 1. The van der Waals surface area contributed by atoms with E-state index in [-0.39, 0.29) is 30.3 Å². The summed E-state index contributed by atoms with van der Waals surface area (Å²) in [6.07, 6.45) is 7.17. The summed E-state index contributed by atoms with van der Waals surface area (Å²) in [5.41, 5.74) is 1.50. The van der Waals surface area contributed by atoms with Crippen LogP contribution in [0.4, 0.5) is 0 Å². The Labute approximate surface area is 192 Å². The minimum atomic E-state index is -0.606. The quantitative estimate of drug-likeness (QED) is 0.544. The zero-order valence-electron chi connectivity index (χ0n) is 18.6. The van der Waals surface area contributed by atoms with Crippen LogP contribution in [0.25, 0.3) is 0 Å². The van der Waals surface area contributed by atoms with Gasteiger partial charge in [-0.2, -0.15) is 0 Å². The Morgan fingerprint density at radius 2 is 1.91 bits per heavy atom. The summed E-state index contributed by atoms with van der Waals surface area (Å²) in [4.78, 5) is 39.0. The maximum Gasteiger partial charge on any atom is 0.257 e. The molecule has 0 spiro atoms. The van der Waals surface area contributed by atoms with Crippen molar-refractivity contribution in [3.8, 4) is 0 Å². The number of pyridine rings is 1. The lowest BCUT2D eigenvalue weighted by Crippen LogP contribution is -2.37. The van der Waals surface area contributed by atoms with Crippen molar-refractivity contribution >= 4 is 11.8 Å². The van der Waals surface area contributed by atoms with Gasteiger partial charge < -0.3 is 19.6 Å². The van der Waals surface area contributed by atoms with E-state index in [0.29, 0.717) is 5.76 Å². The number of furan rings is 1. The normalized spacial score (nSPS) is 14.9. The standard InChI is InChI=1S/C26H27N3O4/c1-3-13-27-25(31)21-15-29(14-19-12-11-17(2)33-19)16-22(24(21)30)26(32)28-23-10-6-8-18-7-4-5-9-20(18)23/h3-5,7,9,11-12,15-16,23H,1,6,8,10,13-14H2,2H3,(H,27,31)(H,28,32). The van der Waals surface area contributed by atoms with Crippen LogP contribution in [0.5, 0.6) is 0 Å². The van der Waals surface area contributed by atoms with Crippen LogP contribution < -0.4 is 16.1 Å². The highest BCUT2D eigenvalue weighted by Crippen LogP contribution is 2.29. The maximum atomic E-state index is 13.2. The Hall–Kier alpha value is -3.87. The van der Waals surface area contributed by atoms with E-state index in [1.54, 1.807) is 4.57 Å². The third kappa shape index (κ3) is 4.98. The van der Waals surface area contributed by atoms with Crippen LogP contribution in [0.2, 0.25) is 0 Å². The van der Waals surface area contributed by atoms with E-state index >= 15 is 0 Å². The summed E-state index contributed by atoms with van der Waals surface area (Å²) < 4.78 is 7.26. The van der Waals surface area contributed by atoms with Crippen molar-refractivity contribution in [1.82, 2.24) is 15.2 Å². The molecule has 0 fully saturated rings. The second kappa shape index (κ2) is 9.73. The summed E-state index contributed by atoms with van der Waals surface area (Å²) in [7, 11) is 0. The molecule has 1 aliphatic rings. The van der Waals surface area contributed by atoms with Gasteiger partial charge in [0.25, 0.3) is 11.8 Å². The first kappa shape index (κ1) is 22.3. The minimum absolute atomic E-state index is 0.0763. The fourth-order valence-electron chi connectivity index (χ4n) is 4.20. The van der Waals surface area contributed by atoms with Crippen LogP contribution in [0.15, 0.2) is 70.7 Å². The predicted octanol–water partition coefficient (Wildman–Crippen LogP) is 3.52. The van der Waals surface area contributed by atoms with Gasteiger partial charge in [0, 0.05) is 18.9 Å². The lowest BCUT2D eigenvalue weighted by Gasteiger charge is -2.26. The molecule has 2 N–H and O–H groups in total. The second-order valence-corrected chi connectivity index (χ2v) is 8.22. The summed E-state index contributed by atoms with van der Waals surface area (Å²) in [5, 5.41) is 5.63. The number of nitrogens with one attached hydrogen (secondary N) is 2. The first-order valence-electron chi connectivity index (χ1n) is 11.0. The molecule has 0 radical (unpaired) electrons. The van der Waals surface area contributed by atoms with E-state index in [0.717, 1.165) is 30.6 Å². The number of rotatable bonds is 7. The van der Waals surface area contributed by atoms with Crippen LogP contribution in [0, 0.1) is 6.92 Å². The minimum Gasteiger partial charge on any atom is -0.464 e. The van der Waals surface area contributed by atoms with E-state index in [1.165, 1.54) is 24.0 Å². The molecule has 4 rings (SSSR count). The average Bonchev–Trinajstić information content (AvgIpc) is 3.23. The average molecular weight is 446 g/mol. The molecule has 0 aliphatic heterocycles. The van der Waals surface area contributed by atoms with E-state index in [9.17, 15) is 14.4 Å². The molecule has 7 heteroatoms. The Kier molecular flexibility index (Phi) is 6.58. The van der Waals surface area contributed by atoms with Crippen LogP contribution in [0.1, 0.15) is 62.2 Å². The molecule has 0 bridgehead atoms.